The number of fused-ring (bicyclic) bond motifs is 3. The van der Waals surface area contributed by atoms with Crippen molar-refractivity contribution in [1.82, 2.24) is 20.1 Å². The quantitative estimate of drug-likeness (QED) is 0.660. The molecule has 31 heavy (non-hydrogen) atoms. The molecule has 8 heteroatoms. The molecule has 1 aromatic heterocycles. The molecule has 0 saturated heterocycles. The zero-order valence-corrected chi connectivity index (χ0v) is 17.0. The van der Waals surface area contributed by atoms with E-state index in [4.69, 9.17) is 4.74 Å². The maximum Gasteiger partial charge on any atom is 0.407 e. The Balaban J connectivity index is 1.32. The zero-order chi connectivity index (χ0) is 21.6. The van der Waals surface area contributed by atoms with Crippen LogP contribution in [0.1, 0.15) is 35.7 Å². The number of benzene rings is 2. The second-order valence-electron chi connectivity index (χ2n) is 8.22. The molecule has 8 nitrogen and oxygen atoms in total. The van der Waals surface area contributed by atoms with Crippen LogP contribution >= 0.6 is 0 Å². The highest BCUT2D eigenvalue weighted by atomic mass is 16.5. The second-order valence-corrected chi connectivity index (χ2v) is 8.22. The van der Waals surface area contributed by atoms with Gasteiger partial charge in [0.1, 0.15) is 18.5 Å². The number of rotatable bonds is 5. The SMILES string of the molecule is Cn1cnc(C2(NC(=O)OCC3c4ccccc4-c4ccccc43)CC(C(=O)O)C2)n1. The van der Waals surface area contributed by atoms with E-state index in [2.05, 4.69) is 39.7 Å². The zero-order valence-electron chi connectivity index (χ0n) is 17.0. The van der Waals surface area contributed by atoms with Crippen molar-refractivity contribution < 1.29 is 19.4 Å². The van der Waals surface area contributed by atoms with Crippen molar-refractivity contribution in [2.45, 2.75) is 24.3 Å². The average Bonchev–Trinajstić information content (AvgIpc) is 3.30. The van der Waals surface area contributed by atoms with Crippen LogP contribution in [0, 0.1) is 5.92 Å². The lowest BCUT2D eigenvalue weighted by Gasteiger charge is -2.43. The Hall–Kier alpha value is -3.68. The van der Waals surface area contributed by atoms with Crippen LogP contribution in [0.5, 0.6) is 0 Å². The number of carboxylic acids is 1. The van der Waals surface area contributed by atoms with Crippen molar-refractivity contribution in [3.63, 3.8) is 0 Å². The minimum Gasteiger partial charge on any atom is -0.481 e. The predicted octanol–water partition coefficient (Wildman–Crippen LogP) is 3.04. The summed E-state index contributed by atoms with van der Waals surface area (Å²) in [6, 6.07) is 16.3. The monoisotopic (exact) mass is 418 g/mol. The van der Waals surface area contributed by atoms with Gasteiger partial charge in [-0.2, -0.15) is 5.10 Å². The van der Waals surface area contributed by atoms with E-state index in [1.54, 1.807) is 7.05 Å². The number of hydrogen-bond acceptors (Lipinski definition) is 5. The topological polar surface area (TPSA) is 106 Å². The van der Waals surface area contributed by atoms with Crippen molar-refractivity contribution in [3.8, 4) is 11.1 Å². The molecule has 1 fully saturated rings. The van der Waals surface area contributed by atoms with E-state index in [1.165, 1.54) is 11.0 Å². The van der Waals surface area contributed by atoms with Crippen molar-refractivity contribution in [2.24, 2.45) is 13.0 Å². The first-order chi connectivity index (χ1) is 15.0. The Morgan fingerprint density at radius 2 is 1.74 bits per heavy atom. The van der Waals surface area contributed by atoms with E-state index < -0.39 is 23.5 Å². The Kier molecular flexibility index (Phi) is 4.50. The third-order valence-electron chi connectivity index (χ3n) is 6.25. The Morgan fingerprint density at radius 1 is 1.13 bits per heavy atom. The molecule has 1 amide bonds. The number of aliphatic carboxylic acids is 1. The molecule has 5 rings (SSSR count). The van der Waals surface area contributed by atoms with Gasteiger partial charge in [0.15, 0.2) is 5.82 Å². The molecule has 2 aromatic carbocycles. The maximum atomic E-state index is 12.7. The average molecular weight is 418 g/mol. The standard InChI is InChI=1S/C23H22N4O4/c1-27-13-24-21(26-27)23(10-14(11-23)20(28)29)25-22(30)31-12-19-17-8-4-2-6-15(17)16-7-3-5-9-18(16)19/h2-9,13-14,19H,10-12H2,1H3,(H,25,30)(H,28,29). The van der Waals surface area contributed by atoms with Gasteiger partial charge < -0.3 is 15.2 Å². The highest BCUT2D eigenvalue weighted by Gasteiger charge is 2.52. The van der Waals surface area contributed by atoms with Gasteiger partial charge in [-0.25, -0.2) is 9.78 Å². The van der Waals surface area contributed by atoms with E-state index in [1.807, 2.05) is 24.3 Å². The lowest BCUT2D eigenvalue weighted by molar-refractivity contribution is -0.148. The first-order valence-electron chi connectivity index (χ1n) is 10.2. The number of hydrogen-bond donors (Lipinski definition) is 2. The molecule has 2 aliphatic carbocycles. The van der Waals surface area contributed by atoms with E-state index in [-0.39, 0.29) is 25.4 Å². The third kappa shape index (κ3) is 3.24. The Morgan fingerprint density at radius 3 is 2.29 bits per heavy atom. The van der Waals surface area contributed by atoms with Gasteiger partial charge in [-0.15, -0.1) is 0 Å². The second kappa shape index (κ2) is 7.23. The third-order valence-corrected chi connectivity index (χ3v) is 6.25. The highest BCUT2D eigenvalue weighted by molar-refractivity contribution is 5.79. The molecule has 1 heterocycles. The molecular weight excluding hydrogens is 396 g/mol. The largest absolute Gasteiger partial charge is 0.481 e. The molecule has 0 unspecified atom stereocenters. The number of carbonyl (C=O) groups is 2. The van der Waals surface area contributed by atoms with Crippen LogP contribution in [0.25, 0.3) is 11.1 Å². The number of alkyl carbamates (subject to hydrolysis) is 1. The number of nitrogens with zero attached hydrogens (tertiary/aromatic N) is 3. The normalized spacial score (nSPS) is 21.6. The predicted molar refractivity (Wildman–Crippen MR) is 111 cm³/mol. The minimum absolute atomic E-state index is 0.0461. The summed E-state index contributed by atoms with van der Waals surface area (Å²) in [6.45, 7) is 0.188. The molecule has 2 N–H and O–H groups in total. The van der Waals surface area contributed by atoms with Gasteiger partial charge in [-0.3, -0.25) is 9.48 Å². The Bertz CT molecular complexity index is 1120. The number of amides is 1. The van der Waals surface area contributed by atoms with Gasteiger partial charge in [-0.05, 0) is 35.1 Å². The van der Waals surface area contributed by atoms with Gasteiger partial charge in [0.25, 0.3) is 0 Å². The number of aryl methyl sites for hydroxylation is 1. The lowest BCUT2D eigenvalue weighted by atomic mass is 9.67. The van der Waals surface area contributed by atoms with E-state index in [9.17, 15) is 14.7 Å². The van der Waals surface area contributed by atoms with Crippen molar-refractivity contribution >= 4 is 12.1 Å². The minimum atomic E-state index is -0.924. The van der Waals surface area contributed by atoms with Gasteiger partial charge in [-0.1, -0.05) is 48.5 Å². The molecule has 0 aliphatic heterocycles. The van der Waals surface area contributed by atoms with Crippen LogP contribution in [0.2, 0.25) is 0 Å². The molecule has 3 aromatic rings. The number of ether oxygens (including phenoxy) is 1. The maximum absolute atomic E-state index is 12.7. The number of carbonyl (C=O) groups excluding carboxylic acids is 1. The fourth-order valence-electron chi connectivity index (χ4n) is 4.69. The van der Waals surface area contributed by atoms with E-state index in [0.29, 0.717) is 5.82 Å². The Labute approximate surface area is 178 Å². The van der Waals surface area contributed by atoms with Gasteiger partial charge in [0.05, 0.1) is 5.92 Å². The van der Waals surface area contributed by atoms with Crippen LogP contribution < -0.4 is 5.32 Å². The van der Waals surface area contributed by atoms with Crippen LogP contribution in [-0.2, 0) is 22.1 Å². The van der Waals surface area contributed by atoms with Crippen LogP contribution in [0.15, 0.2) is 54.9 Å². The molecule has 2 aliphatic rings. The van der Waals surface area contributed by atoms with Crippen molar-refractivity contribution in [2.75, 3.05) is 6.61 Å². The number of aromatic nitrogens is 3. The van der Waals surface area contributed by atoms with Crippen LogP contribution in [0.4, 0.5) is 4.79 Å². The molecular formula is C23H22N4O4. The fourth-order valence-corrected chi connectivity index (χ4v) is 4.69. The molecule has 0 radical (unpaired) electrons. The van der Waals surface area contributed by atoms with E-state index >= 15 is 0 Å². The van der Waals surface area contributed by atoms with Crippen LogP contribution in [0.3, 0.4) is 0 Å². The molecule has 0 bridgehead atoms. The lowest BCUT2D eigenvalue weighted by Crippen LogP contribution is -2.57. The summed E-state index contributed by atoms with van der Waals surface area (Å²) in [4.78, 5) is 28.3. The summed E-state index contributed by atoms with van der Waals surface area (Å²) in [7, 11) is 1.73. The number of carboxylic acid groups (broad SMARTS) is 1. The van der Waals surface area contributed by atoms with Gasteiger partial charge in [0.2, 0.25) is 0 Å². The van der Waals surface area contributed by atoms with Crippen LogP contribution in [-0.4, -0.2) is 38.5 Å². The van der Waals surface area contributed by atoms with Gasteiger partial charge in [0, 0.05) is 13.0 Å². The molecule has 158 valence electrons. The van der Waals surface area contributed by atoms with E-state index in [0.717, 1.165) is 22.3 Å². The smallest absolute Gasteiger partial charge is 0.407 e. The number of nitrogens with one attached hydrogen (secondary N) is 1. The first kappa shape index (κ1) is 19.3. The summed E-state index contributed by atoms with van der Waals surface area (Å²) in [6.07, 6.45) is 1.40. The van der Waals surface area contributed by atoms with Gasteiger partial charge >= 0.3 is 12.1 Å². The first-order valence-corrected chi connectivity index (χ1v) is 10.2. The summed E-state index contributed by atoms with van der Waals surface area (Å²) >= 11 is 0. The van der Waals surface area contributed by atoms with Crippen molar-refractivity contribution in [1.29, 1.82) is 0 Å². The molecule has 0 atom stereocenters. The summed E-state index contributed by atoms with van der Waals surface area (Å²) < 4.78 is 7.17. The molecule has 1 saturated carbocycles. The molecule has 0 spiro atoms. The fraction of sp³-hybridized carbons (Fsp3) is 0.304. The summed E-state index contributed by atoms with van der Waals surface area (Å²) in [5.41, 5.74) is 3.65. The highest BCUT2D eigenvalue weighted by Crippen LogP contribution is 2.46. The summed E-state index contributed by atoms with van der Waals surface area (Å²) in [5.74, 6) is -1.07. The summed E-state index contributed by atoms with van der Waals surface area (Å²) in [5, 5.41) is 16.4. The van der Waals surface area contributed by atoms with Crippen molar-refractivity contribution in [3.05, 3.63) is 71.8 Å².